The molecular formula is C31H37Cl2N3O6S. The number of benzene rings is 2. The number of rotatable bonds is 12. The lowest BCUT2D eigenvalue weighted by Gasteiger charge is -2.26. The van der Waals surface area contributed by atoms with Gasteiger partial charge in [0.2, 0.25) is 11.8 Å². The molecule has 2 aliphatic rings. The molecule has 1 heterocycles. The van der Waals surface area contributed by atoms with Gasteiger partial charge >= 0.3 is 6.09 Å². The summed E-state index contributed by atoms with van der Waals surface area (Å²) in [6, 6.07) is 11.5. The largest absolute Gasteiger partial charge is 0.491 e. The number of carbonyl (C=O) groups excluding carboxylic acids is 4. The molecule has 12 heteroatoms. The molecule has 232 valence electrons. The summed E-state index contributed by atoms with van der Waals surface area (Å²) in [6.07, 6.45) is 6.20. The van der Waals surface area contributed by atoms with Crippen LogP contribution in [0.2, 0.25) is 10.0 Å². The van der Waals surface area contributed by atoms with Crippen LogP contribution in [0.4, 0.5) is 4.79 Å². The second-order valence-corrected chi connectivity index (χ2v) is 12.7. The summed E-state index contributed by atoms with van der Waals surface area (Å²) in [5, 5.41) is 3.27. The third kappa shape index (κ3) is 10.6. The Bertz CT molecular complexity index is 1280. The first-order valence-corrected chi connectivity index (χ1v) is 16.2. The number of hydrogen-bond acceptors (Lipinski definition) is 7. The molecular weight excluding hydrogens is 613 g/mol. The number of aldehydes is 1. The minimum atomic E-state index is -0.842. The van der Waals surface area contributed by atoms with Crippen LogP contribution in [-0.4, -0.2) is 53.5 Å². The van der Waals surface area contributed by atoms with Gasteiger partial charge in [-0.05, 0) is 66.6 Å². The molecule has 43 heavy (non-hydrogen) atoms. The Kier molecular flexibility index (Phi) is 12.9. The van der Waals surface area contributed by atoms with E-state index < -0.39 is 17.4 Å². The fourth-order valence-electron chi connectivity index (χ4n) is 5.32. The van der Waals surface area contributed by atoms with Crippen LogP contribution in [0.5, 0.6) is 5.75 Å². The first-order chi connectivity index (χ1) is 20.8. The number of hydrogen-bond donors (Lipinski definition) is 2. The van der Waals surface area contributed by atoms with Crippen LogP contribution in [0.1, 0.15) is 62.5 Å². The summed E-state index contributed by atoms with van der Waals surface area (Å²) >= 11 is 13.1. The molecule has 0 saturated heterocycles. The van der Waals surface area contributed by atoms with Crippen molar-refractivity contribution in [2.24, 2.45) is 5.92 Å². The van der Waals surface area contributed by atoms with Gasteiger partial charge in [-0.3, -0.25) is 14.3 Å². The molecule has 1 saturated carbocycles. The summed E-state index contributed by atoms with van der Waals surface area (Å²) in [5.41, 5.74) is 1.56. The van der Waals surface area contributed by atoms with Crippen LogP contribution in [0, 0.1) is 5.92 Å². The molecule has 0 aromatic heterocycles. The van der Waals surface area contributed by atoms with E-state index in [0.717, 1.165) is 48.8 Å². The Hall–Kier alpha value is -2.95. The van der Waals surface area contributed by atoms with Gasteiger partial charge in [0.1, 0.15) is 30.5 Å². The van der Waals surface area contributed by atoms with Crippen molar-refractivity contribution in [2.45, 2.75) is 75.8 Å². The molecule has 4 rings (SSSR count). The maximum atomic E-state index is 13.4. The average molecular weight is 651 g/mol. The lowest BCUT2D eigenvalue weighted by molar-refractivity contribution is -0.132. The molecule has 0 radical (unpaired) electrons. The third-order valence-corrected chi connectivity index (χ3v) is 9.07. The first kappa shape index (κ1) is 33.0. The van der Waals surface area contributed by atoms with Crippen LogP contribution in [0.3, 0.4) is 0 Å². The highest BCUT2D eigenvalue weighted by Crippen LogP contribution is 2.31. The Morgan fingerprint density at radius 1 is 1.09 bits per heavy atom. The van der Waals surface area contributed by atoms with Gasteiger partial charge in [-0.15, -0.1) is 0 Å². The molecule has 0 unspecified atom stereocenters. The van der Waals surface area contributed by atoms with Crippen molar-refractivity contribution in [2.75, 3.05) is 13.2 Å². The smallest absolute Gasteiger partial charge is 0.417 e. The topological polar surface area (TPSA) is 114 Å². The number of nitrogens with zero attached hydrogens (tertiary/aromatic N) is 1. The van der Waals surface area contributed by atoms with Crippen molar-refractivity contribution in [3.8, 4) is 5.75 Å². The van der Waals surface area contributed by atoms with E-state index in [1.165, 1.54) is 6.42 Å². The van der Waals surface area contributed by atoms with Crippen LogP contribution in [-0.2, 0) is 32.3 Å². The zero-order valence-electron chi connectivity index (χ0n) is 23.9. The van der Waals surface area contributed by atoms with Gasteiger partial charge < -0.3 is 24.5 Å². The molecule has 2 aromatic carbocycles. The molecule has 1 fully saturated rings. The van der Waals surface area contributed by atoms with Crippen molar-refractivity contribution in [1.82, 2.24) is 14.9 Å². The predicted molar refractivity (Wildman–Crippen MR) is 167 cm³/mol. The predicted octanol–water partition coefficient (Wildman–Crippen LogP) is 6.09. The molecule has 0 spiro atoms. The number of fused-ring (bicyclic) bond motifs is 1. The summed E-state index contributed by atoms with van der Waals surface area (Å²) in [5.74, 6) is 0.539. The van der Waals surface area contributed by atoms with E-state index in [0.29, 0.717) is 54.1 Å². The van der Waals surface area contributed by atoms with E-state index in [1.807, 2.05) is 0 Å². The van der Waals surface area contributed by atoms with Gasteiger partial charge in [-0.2, -0.15) is 0 Å². The number of nitrogens with one attached hydrogen (secondary N) is 2. The normalized spacial score (nSPS) is 16.6. The zero-order chi connectivity index (χ0) is 30.6. The molecule has 2 N–H and O–H groups in total. The molecule has 0 bridgehead atoms. The summed E-state index contributed by atoms with van der Waals surface area (Å²) < 4.78 is 13.7. The Balaban J connectivity index is 1.29. The SMILES string of the molecule is O=C[C@H](CCC(=O)N1CCOc2ccc(Cl)cc2C1)NC(=O)[C@H](CC1CCCCC1)SNC(=O)OCc1cccc(Cl)c1. The van der Waals surface area contributed by atoms with E-state index in [9.17, 15) is 19.2 Å². The van der Waals surface area contributed by atoms with Gasteiger partial charge in [0, 0.05) is 28.6 Å². The standard InChI is InChI=1S/C31H37Cl2N3O6S/c32-24-8-4-7-22(15-24)20-42-31(40)35-43-28(16-21-5-2-1-3-6-21)30(39)34-26(19-37)10-12-29(38)36-13-14-41-27-11-9-25(33)17-23(27)18-36/h4,7-9,11,15,17,19,21,26,28H,1-3,5-6,10,12-14,16,18,20H2,(H,34,39)(H,35,40)/t26-,28-/m0/s1. The van der Waals surface area contributed by atoms with Crippen molar-refractivity contribution >= 4 is 59.3 Å². The van der Waals surface area contributed by atoms with Crippen LogP contribution >= 0.6 is 35.1 Å². The highest BCUT2D eigenvalue weighted by Gasteiger charge is 2.28. The fourth-order valence-corrected chi connectivity index (χ4v) is 6.57. The van der Waals surface area contributed by atoms with Crippen LogP contribution in [0.25, 0.3) is 0 Å². The number of ether oxygens (including phenoxy) is 2. The molecule has 3 amide bonds. The fraction of sp³-hybridized carbons (Fsp3) is 0.484. The number of halogens is 2. The monoisotopic (exact) mass is 649 g/mol. The van der Waals surface area contributed by atoms with Gasteiger partial charge in [0.25, 0.3) is 0 Å². The Morgan fingerprint density at radius 2 is 1.88 bits per heavy atom. The van der Waals surface area contributed by atoms with Crippen molar-refractivity contribution < 1.29 is 28.7 Å². The van der Waals surface area contributed by atoms with Crippen molar-refractivity contribution in [3.63, 3.8) is 0 Å². The minimum Gasteiger partial charge on any atom is -0.491 e. The summed E-state index contributed by atoms with van der Waals surface area (Å²) in [7, 11) is 0. The lowest BCUT2D eigenvalue weighted by Crippen LogP contribution is -2.43. The molecule has 2 atom stereocenters. The molecule has 9 nitrogen and oxygen atoms in total. The zero-order valence-corrected chi connectivity index (χ0v) is 26.2. The molecule has 1 aliphatic heterocycles. The second kappa shape index (κ2) is 16.8. The van der Waals surface area contributed by atoms with E-state index in [2.05, 4.69) is 10.0 Å². The van der Waals surface area contributed by atoms with Crippen LogP contribution < -0.4 is 14.8 Å². The minimum absolute atomic E-state index is 0.0372. The molecule has 1 aliphatic carbocycles. The van der Waals surface area contributed by atoms with Gasteiger partial charge in [0.15, 0.2) is 0 Å². The molecule has 2 aromatic rings. The lowest BCUT2D eigenvalue weighted by atomic mass is 9.86. The number of carbonyl (C=O) groups is 4. The summed E-state index contributed by atoms with van der Waals surface area (Å²) in [6.45, 7) is 1.15. The van der Waals surface area contributed by atoms with Gasteiger partial charge in [-0.25, -0.2) is 4.79 Å². The first-order valence-electron chi connectivity index (χ1n) is 14.6. The van der Waals surface area contributed by atoms with E-state index in [-0.39, 0.29) is 31.3 Å². The highest BCUT2D eigenvalue weighted by molar-refractivity contribution is 7.99. The maximum absolute atomic E-state index is 13.4. The Labute approximate surface area is 266 Å². The second-order valence-electron chi connectivity index (χ2n) is 10.9. The van der Waals surface area contributed by atoms with Gasteiger partial charge in [-0.1, -0.05) is 67.4 Å². The van der Waals surface area contributed by atoms with E-state index in [4.69, 9.17) is 32.7 Å². The maximum Gasteiger partial charge on any atom is 0.417 e. The van der Waals surface area contributed by atoms with Crippen molar-refractivity contribution in [3.05, 3.63) is 63.6 Å². The summed E-state index contributed by atoms with van der Waals surface area (Å²) in [4.78, 5) is 52.4. The van der Waals surface area contributed by atoms with E-state index in [1.54, 1.807) is 47.4 Å². The van der Waals surface area contributed by atoms with Gasteiger partial charge in [0.05, 0.1) is 12.6 Å². The van der Waals surface area contributed by atoms with Crippen molar-refractivity contribution in [1.29, 1.82) is 0 Å². The van der Waals surface area contributed by atoms with Crippen LogP contribution in [0.15, 0.2) is 42.5 Å². The van der Waals surface area contributed by atoms with E-state index >= 15 is 0 Å². The average Bonchev–Trinajstić information content (AvgIpc) is 3.22. The number of amides is 3. The third-order valence-electron chi connectivity index (χ3n) is 7.62. The Morgan fingerprint density at radius 3 is 2.65 bits per heavy atom. The quantitative estimate of drug-likeness (QED) is 0.211. The highest BCUT2D eigenvalue weighted by atomic mass is 35.5.